The highest BCUT2D eigenvalue weighted by molar-refractivity contribution is 6.01. The van der Waals surface area contributed by atoms with Crippen LogP contribution in [-0.2, 0) is 4.79 Å². The topological polar surface area (TPSA) is 61.9 Å². The van der Waals surface area contributed by atoms with E-state index in [1.54, 1.807) is 11.0 Å². The number of benzene rings is 2. The van der Waals surface area contributed by atoms with Gasteiger partial charge in [0.1, 0.15) is 11.5 Å². The van der Waals surface area contributed by atoms with E-state index in [1.165, 1.54) is 0 Å². The number of hydrogen-bond donors (Lipinski definition) is 1. The lowest BCUT2D eigenvalue weighted by Gasteiger charge is -2.33. The van der Waals surface area contributed by atoms with Crippen LogP contribution in [0.15, 0.2) is 78.5 Å². The number of amides is 3. The number of hydrogen-bond acceptors (Lipinski definition) is 3. The molecule has 0 radical (unpaired) electrons. The molecule has 2 aromatic carbocycles. The first kappa shape index (κ1) is 18.5. The Bertz CT molecular complexity index is 1040. The van der Waals surface area contributed by atoms with E-state index in [4.69, 9.17) is 4.74 Å². The van der Waals surface area contributed by atoms with E-state index in [2.05, 4.69) is 11.9 Å². The molecule has 0 spiro atoms. The Kier molecular flexibility index (Phi) is 4.54. The normalized spacial score (nSPS) is 20.9. The van der Waals surface area contributed by atoms with Gasteiger partial charge in [0.05, 0.1) is 23.9 Å². The van der Waals surface area contributed by atoms with Crippen LogP contribution in [0.5, 0.6) is 11.5 Å². The third kappa shape index (κ3) is 3.24. The van der Waals surface area contributed by atoms with Crippen LogP contribution >= 0.6 is 0 Å². The average molecular weight is 401 g/mol. The SMILES string of the molecule is C=CCN1C(=O)NC(c2cccc(Oc3ccccc3)c2)C2=C1CN(C1CC1)C2=O. The van der Waals surface area contributed by atoms with E-state index >= 15 is 0 Å². The molecular weight excluding hydrogens is 378 g/mol. The monoisotopic (exact) mass is 401 g/mol. The number of rotatable bonds is 6. The van der Waals surface area contributed by atoms with Crippen molar-refractivity contribution in [3.8, 4) is 11.5 Å². The lowest BCUT2D eigenvalue weighted by Crippen LogP contribution is -2.47. The zero-order chi connectivity index (χ0) is 20.7. The number of carbonyl (C=O) groups is 2. The summed E-state index contributed by atoms with van der Waals surface area (Å²) in [5.41, 5.74) is 2.27. The second-order valence-corrected chi connectivity index (χ2v) is 7.79. The lowest BCUT2D eigenvalue weighted by molar-refractivity contribution is -0.126. The van der Waals surface area contributed by atoms with Crippen LogP contribution in [0.3, 0.4) is 0 Å². The zero-order valence-electron chi connectivity index (χ0n) is 16.6. The summed E-state index contributed by atoms with van der Waals surface area (Å²) < 4.78 is 5.96. The molecule has 2 aliphatic heterocycles. The highest BCUT2D eigenvalue weighted by Crippen LogP contribution is 2.41. The molecule has 6 nitrogen and oxygen atoms in total. The largest absolute Gasteiger partial charge is 0.457 e. The summed E-state index contributed by atoms with van der Waals surface area (Å²) in [5, 5.41) is 3.02. The molecule has 152 valence electrons. The quantitative estimate of drug-likeness (QED) is 0.745. The van der Waals surface area contributed by atoms with Crippen LogP contribution < -0.4 is 10.1 Å². The molecule has 5 rings (SSSR count). The summed E-state index contributed by atoms with van der Waals surface area (Å²) in [4.78, 5) is 29.7. The molecule has 1 N–H and O–H groups in total. The summed E-state index contributed by atoms with van der Waals surface area (Å²) in [7, 11) is 0. The first-order valence-electron chi connectivity index (χ1n) is 10.2. The Morgan fingerprint density at radius 1 is 1.07 bits per heavy atom. The number of para-hydroxylation sites is 1. The summed E-state index contributed by atoms with van der Waals surface area (Å²) in [5.74, 6) is 1.41. The van der Waals surface area contributed by atoms with Crippen molar-refractivity contribution in [2.75, 3.05) is 13.1 Å². The minimum Gasteiger partial charge on any atom is -0.457 e. The predicted octanol–water partition coefficient (Wildman–Crippen LogP) is 3.99. The number of urea groups is 1. The number of carbonyl (C=O) groups excluding carboxylic acids is 2. The number of nitrogens with one attached hydrogen (secondary N) is 1. The molecule has 30 heavy (non-hydrogen) atoms. The first-order valence-corrected chi connectivity index (χ1v) is 10.2. The van der Waals surface area contributed by atoms with Crippen molar-refractivity contribution in [2.45, 2.75) is 24.9 Å². The van der Waals surface area contributed by atoms with Gasteiger partial charge < -0.3 is 15.0 Å². The molecule has 1 fully saturated rings. The standard InChI is InChI=1S/C24H23N3O3/c1-2-13-26-20-15-27(17-11-12-17)23(28)21(20)22(25-24(26)29)16-7-6-10-19(14-16)30-18-8-4-3-5-9-18/h2-10,14,17,22H,1,11-13,15H2,(H,25,29). The van der Waals surface area contributed by atoms with Crippen molar-refractivity contribution in [1.29, 1.82) is 0 Å². The molecule has 1 aliphatic carbocycles. The van der Waals surface area contributed by atoms with Crippen molar-refractivity contribution in [3.05, 3.63) is 84.1 Å². The molecule has 2 aromatic rings. The Morgan fingerprint density at radius 3 is 2.57 bits per heavy atom. The van der Waals surface area contributed by atoms with E-state index in [9.17, 15) is 9.59 Å². The summed E-state index contributed by atoms with van der Waals surface area (Å²) in [6, 6.07) is 16.7. The third-order valence-electron chi connectivity index (χ3n) is 5.72. The lowest BCUT2D eigenvalue weighted by atomic mass is 9.95. The molecule has 3 aliphatic rings. The van der Waals surface area contributed by atoms with E-state index in [0.29, 0.717) is 24.4 Å². The van der Waals surface area contributed by atoms with Crippen molar-refractivity contribution >= 4 is 11.9 Å². The Balaban J connectivity index is 1.50. The highest BCUT2D eigenvalue weighted by atomic mass is 16.5. The fraction of sp³-hybridized carbons (Fsp3) is 0.250. The van der Waals surface area contributed by atoms with Crippen LogP contribution in [0.4, 0.5) is 4.79 Å². The molecule has 0 bridgehead atoms. The van der Waals surface area contributed by atoms with Gasteiger partial charge in [-0.05, 0) is 42.7 Å². The van der Waals surface area contributed by atoms with E-state index in [-0.39, 0.29) is 18.0 Å². The van der Waals surface area contributed by atoms with E-state index in [0.717, 1.165) is 29.9 Å². The van der Waals surface area contributed by atoms with E-state index in [1.807, 2.05) is 59.5 Å². The maximum absolute atomic E-state index is 13.3. The van der Waals surface area contributed by atoms with Crippen molar-refractivity contribution < 1.29 is 14.3 Å². The molecule has 1 atom stereocenters. The fourth-order valence-electron chi connectivity index (χ4n) is 4.15. The second-order valence-electron chi connectivity index (χ2n) is 7.79. The summed E-state index contributed by atoms with van der Waals surface area (Å²) >= 11 is 0. The molecule has 1 unspecified atom stereocenters. The Hall–Kier alpha value is -3.54. The number of ether oxygens (including phenoxy) is 1. The molecule has 3 amide bonds. The van der Waals surface area contributed by atoms with E-state index < -0.39 is 6.04 Å². The van der Waals surface area contributed by atoms with Gasteiger partial charge in [0.15, 0.2) is 0 Å². The van der Waals surface area contributed by atoms with Crippen LogP contribution in [0.2, 0.25) is 0 Å². The van der Waals surface area contributed by atoms with Gasteiger partial charge in [-0.25, -0.2) is 4.79 Å². The minimum absolute atomic E-state index is 0.0148. The maximum Gasteiger partial charge on any atom is 0.322 e. The smallest absolute Gasteiger partial charge is 0.322 e. The molecule has 0 saturated heterocycles. The molecule has 0 aromatic heterocycles. The highest BCUT2D eigenvalue weighted by Gasteiger charge is 2.47. The van der Waals surface area contributed by atoms with Crippen LogP contribution in [0, 0.1) is 0 Å². The van der Waals surface area contributed by atoms with Gasteiger partial charge in [0.2, 0.25) is 0 Å². The van der Waals surface area contributed by atoms with Gasteiger partial charge in [-0.3, -0.25) is 9.69 Å². The van der Waals surface area contributed by atoms with Gasteiger partial charge in [0.25, 0.3) is 5.91 Å². The fourth-order valence-corrected chi connectivity index (χ4v) is 4.15. The van der Waals surface area contributed by atoms with Gasteiger partial charge in [-0.2, -0.15) is 0 Å². The van der Waals surface area contributed by atoms with Crippen LogP contribution in [0.25, 0.3) is 0 Å². The van der Waals surface area contributed by atoms with Crippen LogP contribution in [-0.4, -0.2) is 40.9 Å². The van der Waals surface area contributed by atoms with Gasteiger partial charge >= 0.3 is 6.03 Å². The summed E-state index contributed by atoms with van der Waals surface area (Å²) in [6.07, 6.45) is 3.74. The first-order chi connectivity index (χ1) is 14.7. The molecular formula is C24H23N3O3. The van der Waals surface area contributed by atoms with Gasteiger partial charge in [-0.15, -0.1) is 6.58 Å². The van der Waals surface area contributed by atoms with Gasteiger partial charge in [0, 0.05) is 12.6 Å². The van der Waals surface area contributed by atoms with Crippen molar-refractivity contribution in [3.63, 3.8) is 0 Å². The number of nitrogens with zero attached hydrogens (tertiary/aromatic N) is 2. The molecule has 6 heteroatoms. The maximum atomic E-state index is 13.3. The van der Waals surface area contributed by atoms with Crippen LogP contribution in [0.1, 0.15) is 24.4 Å². The molecule has 1 saturated carbocycles. The average Bonchev–Trinajstić information content (AvgIpc) is 3.54. The Morgan fingerprint density at radius 2 is 1.83 bits per heavy atom. The Labute approximate surface area is 175 Å². The molecule has 2 heterocycles. The summed E-state index contributed by atoms with van der Waals surface area (Å²) in [6.45, 7) is 4.62. The zero-order valence-corrected chi connectivity index (χ0v) is 16.6. The third-order valence-corrected chi connectivity index (χ3v) is 5.72. The minimum atomic E-state index is -0.496. The van der Waals surface area contributed by atoms with Crippen molar-refractivity contribution in [1.82, 2.24) is 15.1 Å². The predicted molar refractivity (Wildman–Crippen MR) is 113 cm³/mol. The van der Waals surface area contributed by atoms with Gasteiger partial charge in [-0.1, -0.05) is 36.4 Å². The van der Waals surface area contributed by atoms with Crippen molar-refractivity contribution in [2.24, 2.45) is 0 Å². The second kappa shape index (κ2) is 7.37.